The van der Waals surface area contributed by atoms with E-state index in [2.05, 4.69) is 10.3 Å². The van der Waals surface area contributed by atoms with Gasteiger partial charge in [-0.05, 0) is 38.1 Å². The molecule has 0 spiro atoms. The standard InChI is InChI=1S/C18H20FN3O2/c1-12-10-22(11-13(2)24-12)18(23)14-6-5-9-20-17(14)21-16-8-4-3-7-15(16)19/h3-9,12-13H,10-11H2,1-2H3,(H,20,21). The van der Waals surface area contributed by atoms with Gasteiger partial charge in [0.25, 0.3) is 5.91 Å². The minimum absolute atomic E-state index is 0.0163. The average molecular weight is 329 g/mol. The van der Waals surface area contributed by atoms with E-state index in [0.29, 0.717) is 24.5 Å². The van der Waals surface area contributed by atoms with Gasteiger partial charge in [0.1, 0.15) is 11.6 Å². The second-order valence-corrected chi connectivity index (χ2v) is 5.97. The number of hydrogen-bond donors (Lipinski definition) is 1. The van der Waals surface area contributed by atoms with Crippen LogP contribution in [0.15, 0.2) is 42.6 Å². The van der Waals surface area contributed by atoms with Crippen molar-refractivity contribution in [3.05, 3.63) is 54.0 Å². The van der Waals surface area contributed by atoms with E-state index in [1.165, 1.54) is 6.07 Å². The molecule has 1 saturated heterocycles. The molecule has 0 saturated carbocycles. The number of anilines is 2. The van der Waals surface area contributed by atoms with Gasteiger partial charge in [0.2, 0.25) is 0 Å². The van der Waals surface area contributed by atoms with Gasteiger partial charge in [-0.25, -0.2) is 9.37 Å². The number of benzene rings is 1. The van der Waals surface area contributed by atoms with E-state index in [-0.39, 0.29) is 23.8 Å². The first kappa shape index (κ1) is 16.4. The molecule has 1 aromatic heterocycles. The largest absolute Gasteiger partial charge is 0.372 e. The quantitative estimate of drug-likeness (QED) is 0.939. The normalized spacial score (nSPS) is 20.7. The summed E-state index contributed by atoms with van der Waals surface area (Å²) in [6, 6.07) is 9.70. The van der Waals surface area contributed by atoms with Crippen molar-refractivity contribution in [3.63, 3.8) is 0 Å². The Labute approximate surface area is 140 Å². The third kappa shape index (κ3) is 3.54. The van der Waals surface area contributed by atoms with Crippen molar-refractivity contribution in [3.8, 4) is 0 Å². The summed E-state index contributed by atoms with van der Waals surface area (Å²) in [7, 11) is 0. The summed E-state index contributed by atoms with van der Waals surface area (Å²) in [5.41, 5.74) is 0.705. The van der Waals surface area contributed by atoms with E-state index >= 15 is 0 Å². The van der Waals surface area contributed by atoms with E-state index in [1.807, 2.05) is 13.8 Å². The number of nitrogens with zero attached hydrogens (tertiary/aromatic N) is 2. The lowest BCUT2D eigenvalue weighted by molar-refractivity contribution is -0.0586. The van der Waals surface area contributed by atoms with Crippen LogP contribution in [-0.2, 0) is 4.74 Å². The van der Waals surface area contributed by atoms with Crippen molar-refractivity contribution in [1.82, 2.24) is 9.88 Å². The number of amides is 1. The molecule has 6 heteroatoms. The van der Waals surface area contributed by atoms with Gasteiger partial charge in [-0.3, -0.25) is 4.79 Å². The number of ether oxygens (including phenoxy) is 1. The maximum atomic E-state index is 13.9. The number of halogens is 1. The molecule has 0 aliphatic carbocycles. The van der Waals surface area contributed by atoms with E-state index in [4.69, 9.17) is 4.74 Å². The highest BCUT2D eigenvalue weighted by atomic mass is 19.1. The van der Waals surface area contributed by atoms with E-state index in [9.17, 15) is 9.18 Å². The predicted molar refractivity (Wildman–Crippen MR) is 89.8 cm³/mol. The van der Waals surface area contributed by atoms with Crippen LogP contribution in [0, 0.1) is 5.82 Å². The average Bonchev–Trinajstić information content (AvgIpc) is 2.56. The lowest BCUT2D eigenvalue weighted by Gasteiger charge is -2.35. The first-order chi connectivity index (χ1) is 11.5. The molecule has 5 nitrogen and oxygen atoms in total. The Morgan fingerprint density at radius 1 is 1.21 bits per heavy atom. The molecule has 1 amide bonds. The van der Waals surface area contributed by atoms with Gasteiger partial charge < -0.3 is 15.0 Å². The van der Waals surface area contributed by atoms with Crippen LogP contribution in [0.4, 0.5) is 15.9 Å². The zero-order chi connectivity index (χ0) is 17.1. The number of carbonyl (C=O) groups is 1. The van der Waals surface area contributed by atoms with Gasteiger partial charge in [0.05, 0.1) is 23.5 Å². The third-order valence-electron chi connectivity index (χ3n) is 3.87. The molecule has 1 N–H and O–H groups in total. The van der Waals surface area contributed by atoms with Crippen molar-refractivity contribution >= 4 is 17.4 Å². The molecule has 126 valence electrons. The van der Waals surface area contributed by atoms with Crippen molar-refractivity contribution in [1.29, 1.82) is 0 Å². The van der Waals surface area contributed by atoms with Gasteiger partial charge >= 0.3 is 0 Å². The molecule has 24 heavy (non-hydrogen) atoms. The predicted octanol–water partition coefficient (Wildman–Crippen LogP) is 3.21. The lowest BCUT2D eigenvalue weighted by atomic mass is 10.1. The zero-order valence-electron chi connectivity index (χ0n) is 13.7. The Hall–Kier alpha value is -2.47. The minimum atomic E-state index is -0.393. The van der Waals surface area contributed by atoms with Gasteiger partial charge in [-0.2, -0.15) is 0 Å². The van der Waals surface area contributed by atoms with Gasteiger partial charge in [0.15, 0.2) is 0 Å². The number of para-hydroxylation sites is 1. The summed E-state index contributed by atoms with van der Waals surface area (Å²) >= 11 is 0. The molecule has 0 radical (unpaired) electrons. The van der Waals surface area contributed by atoms with Crippen LogP contribution >= 0.6 is 0 Å². The van der Waals surface area contributed by atoms with Crippen LogP contribution in [0.25, 0.3) is 0 Å². The number of aromatic nitrogens is 1. The summed E-state index contributed by atoms with van der Waals surface area (Å²) in [5, 5.41) is 2.92. The summed E-state index contributed by atoms with van der Waals surface area (Å²) in [6.45, 7) is 4.93. The van der Waals surface area contributed by atoms with Crippen LogP contribution in [-0.4, -0.2) is 41.1 Å². The van der Waals surface area contributed by atoms with Crippen LogP contribution < -0.4 is 5.32 Å². The molecular formula is C18H20FN3O2. The topological polar surface area (TPSA) is 54.5 Å². The maximum Gasteiger partial charge on any atom is 0.257 e. The van der Waals surface area contributed by atoms with Gasteiger partial charge in [-0.1, -0.05) is 12.1 Å². The summed E-state index contributed by atoms with van der Waals surface area (Å²) < 4.78 is 19.5. The second-order valence-electron chi connectivity index (χ2n) is 5.97. The molecule has 2 unspecified atom stereocenters. The van der Waals surface area contributed by atoms with Crippen molar-refractivity contribution in [2.75, 3.05) is 18.4 Å². The first-order valence-electron chi connectivity index (χ1n) is 7.96. The van der Waals surface area contributed by atoms with E-state index in [1.54, 1.807) is 41.4 Å². The Morgan fingerprint density at radius 2 is 1.92 bits per heavy atom. The highest BCUT2D eigenvalue weighted by molar-refractivity contribution is 5.99. The molecular weight excluding hydrogens is 309 g/mol. The molecule has 2 heterocycles. The molecule has 1 aliphatic rings. The second kappa shape index (κ2) is 6.97. The Balaban J connectivity index is 1.86. The number of pyridine rings is 1. The maximum absolute atomic E-state index is 13.9. The smallest absolute Gasteiger partial charge is 0.257 e. The molecule has 3 rings (SSSR count). The van der Waals surface area contributed by atoms with Crippen LogP contribution in [0.2, 0.25) is 0 Å². The van der Waals surface area contributed by atoms with Crippen LogP contribution in [0.1, 0.15) is 24.2 Å². The van der Waals surface area contributed by atoms with Crippen molar-refractivity contribution in [2.24, 2.45) is 0 Å². The fraction of sp³-hybridized carbons (Fsp3) is 0.333. The highest BCUT2D eigenvalue weighted by Gasteiger charge is 2.28. The summed E-state index contributed by atoms with van der Waals surface area (Å²) in [4.78, 5) is 18.8. The molecule has 2 aromatic rings. The zero-order valence-corrected chi connectivity index (χ0v) is 13.7. The Morgan fingerprint density at radius 3 is 2.62 bits per heavy atom. The third-order valence-corrected chi connectivity index (χ3v) is 3.87. The SMILES string of the molecule is CC1CN(C(=O)c2cccnc2Nc2ccccc2F)CC(C)O1. The number of nitrogens with one attached hydrogen (secondary N) is 1. The fourth-order valence-corrected chi connectivity index (χ4v) is 2.88. The molecule has 1 aliphatic heterocycles. The van der Waals surface area contributed by atoms with Gasteiger partial charge in [0, 0.05) is 19.3 Å². The van der Waals surface area contributed by atoms with Crippen LogP contribution in [0.5, 0.6) is 0 Å². The van der Waals surface area contributed by atoms with E-state index in [0.717, 1.165) is 0 Å². The molecule has 1 fully saturated rings. The van der Waals surface area contributed by atoms with E-state index < -0.39 is 5.82 Å². The fourth-order valence-electron chi connectivity index (χ4n) is 2.88. The summed E-state index contributed by atoms with van der Waals surface area (Å²) in [6.07, 6.45) is 1.54. The number of morpholine rings is 1. The lowest BCUT2D eigenvalue weighted by Crippen LogP contribution is -2.48. The minimum Gasteiger partial charge on any atom is -0.372 e. The number of carbonyl (C=O) groups excluding carboxylic acids is 1. The molecule has 1 aromatic carbocycles. The molecule has 2 atom stereocenters. The first-order valence-corrected chi connectivity index (χ1v) is 7.96. The number of hydrogen-bond acceptors (Lipinski definition) is 4. The monoisotopic (exact) mass is 329 g/mol. The Kier molecular flexibility index (Phi) is 4.76. The highest BCUT2D eigenvalue weighted by Crippen LogP contribution is 2.23. The Bertz CT molecular complexity index is 728. The van der Waals surface area contributed by atoms with Crippen molar-refractivity contribution < 1.29 is 13.9 Å². The van der Waals surface area contributed by atoms with Crippen LogP contribution in [0.3, 0.4) is 0 Å². The molecule has 0 bridgehead atoms. The number of rotatable bonds is 3. The summed E-state index contributed by atoms with van der Waals surface area (Å²) in [5.74, 6) is -0.182. The van der Waals surface area contributed by atoms with Crippen molar-refractivity contribution in [2.45, 2.75) is 26.1 Å². The van der Waals surface area contributed by atoms with Gasteiger partial charge in [-0.15, -0.1) is 0 Å².